The summed E-state index contributed by atoms with van der Waals surface area (Å²) in [4.78, 5) is 29.3. The quantitative estimate of drug-likeness (QED) is 0.792. The number of esters is 2. The smallest absolute Gasteiger partial charge is 0.337 e. The van der Waals surface area contributed by atoms with Gasteiger partial charge in [-0.15, -0.1) is 0 Å². The first kappa shape index (κ1) is 16.2. The molecule has 6 heteroatoms. The summed E-state index contributed by atoms with van der Waals surface area (Å²) >= 11 is 0. The molecule has 0 spiro atoms. The van der Waals surface area contributed by atoms with Crippen molar-refractivity contribution in [2.24, 2.45) is 10.9 Å². The Kier molecular flexibility index (Phi) is 4.38. The van der Waals surface area contributed by atoms with E-state index in [-0.39, 0.29) is 13.2 Å². The molecule has 126 valence electrons. The summed E-state index contributed by atoms with van der Waals surface area (Å²) in [6, 6.07) is 7.35. The lowest BCUT2D eigenvalue weighted by Crippen LogP contribution is -2.35. The van der Waals surface area contributed by atoms with E-state index in [2.05, 4.69) is 4.99 Å². The number of methoxy groups -OCH3 is 1. The van der Waals surface area contributed by atoms with Crippen LogP contribution in [0.3, 0.4) is 0 Å². The van der Waals surface area contributed by atoms with Crippen LogP contribution in [-0.4, -0.2) is 38.0 Å². The Morgan fingerprint density at radius 1 is 1.38 bits per heavy atom. The summed E-state index contributed by atoms with van der Waals surface area (Å²) in [6.45, 7) is 3.92. The van der Waals surface area contributed by atoms with Gasteiger partial charge in [-0.2, -0.15) is 0 Å². The molecule has 2 aliphatic rings. The Bertz CT molecular complexity index is 750. The Morgan fingerprint density at radius 2 is 2.12 bits per heavy atom. The van der Waals surface area contributed by atoms with Gasteiger partial charge in [0.1, 0.15) is 18.3 Å². The van der Waals surface area contributed by atoms with Crippen LogP contribution in [0, 0.1) is 5.92 Å². The molecule has 6 nitrogen and oxygen atoms in total. The Morgan fingerprint density at radius 3 is 2.83 bits per heavy atom. The van der Waals surface area contributed by atoms with E-state index in [9.17, 15) is 9.59 Å². The van der Waals surface area contributed by atoms with Gasteiger partial charge in [0.25, 0.3) is 0 Å². The minimum Gasteiger partial charge on any atom is -0.496 e. The second-order valence-corrected chi connectivity index (χ2v) is 5.64. The van der Waals surface area contributed by atoms with Crippen molar-refractivity contribution in [1.29, 1.82) is 0 Å². The van der Waals surface area contributed by atoms with Crippen LogP contribution in [0.4, 0.5) is 0 Å². The summed E-state index contributed by atoms with van der Waals surface area (Å²) < 4.78 is 15.8. The summed E-state index contributed by atoms with van der Waals surface area (Å²) in [5, 5.41) is 0. The molecule has 2 aliphatic heterocycles. The number of carbonyl (C=O) groups excluding carboxylic acids is 2. The Labute approximate surface area is 140 Å². The van der Waals surface area contributed by atoms with Crippen LogP contribution in [0.25, 0.3) is 0 Å². The van der Waals surface area contributed by atoms with E-state index in [0.717, 1.165) is 5.56 Å². The van der Waals surface area contributed by atoms with E-state index in [4.69, 9.17) is 14.2 Å². The van der Waals surface area contributed by atoms with E-state index in [1.54, 1.807) is 27.0 Å². The average molecular weight is 329 g/mol. The minimum atomic E-state index is -0.675. The number of rotatable bonds is 4. The molecule has 0 radical (unpaired) electrons. The average Bonchev–Trinajstić information content (AvgIpc) is 2.94. The van der Waals surface area contributed by atoms with Gasteiger partial charge in [0.05, 0.1) is 25.0 Å². The number of aliphatic imine (C=N–C) groups is 1. The molecule has 0 bridgehead atoms. The molecule has 0 saturated heterocycles. The van der Waals surface area contributed by atoms with E-state index in [0.29, 0.717) is 22.7 Å². The molecule has 0 aromatic heterocycles. The molecule has 2 unspecified atom stereocenters. The second kappa shape index (κ2) is 6.47. The van der Waals surface area contributed by atoms with Crippen LogP contribution in [-0.2, 0) is 19.1 Å². The van der Waals surface area contributed by atoms with E-state index < -0.39 is 23.8 Å². The van der Waals surface area contributed by atoms with Crippen molar-refractivity contribution in [2.45, 2.75) is 19.8 Å². The molecule has 0 N–H and O–H groups in total. The molecule has 3 rings (SSSR count). The predicted octanol–water partition coefficient (Wildman–Crippen LogP) is 2.24. The fraction of sp³-hybridized carbons (Fsp3) is 0.389. The normalized spacial score (nSPS) is 22.6. The second-order valence-electron chi connectivity index (χ2n) is 5.64. The van der Waals surface area contributed by atoms with Gasteiger partial charge in [0.2, 0.25) is 0 Å². The van der Waals surface area contributed by atoms with Gasteiger partial charge >= 0.3 is 11.9 Å². The zero-order valence-corrected chi connectivity index (χ0v) is 13.9. The maximum atomic E-state index is 12.6. The zero-order valence-electron chi connectivity index (χ0n) is 13.9. The van der Waals surface area contributed by atoms with Gasteiger partial charge in [0.15, 0.2) is 0 Å². The standard InChI is InChI=1S/C18H19NO5/c1-4-23-17(20)14-10(2)19-12-9-24-18(21)16(12)15(14)11-7-5-6-8-13(11)22-3/h5-8,14-15H,4,9H2,1-3H3. The lowest BCUT2D eigenvalue weighted by atomic mass is 9.75. The molecule has 2 heterocycles. The highest BCUT2D eigenvalue weighted by Crippen LogP contribution is 2.45. The van der Waals surface area contributed by atoms with Crippen molar-refractivity contribution in [3.8, 4) is 5.75 Å². The van der Waals surface area contributed by atoms with Gasteiger partial charge in [-0.25, -0.2) is 4.79 Å². The third-order valence-corrected chi connectivity index (χ3v) is 4.29. The largest absolute Gasteiger partial charge is 0.496 e. The monoisotopic (exact) mass is 329 g/mol. The van der Waals surface area contributed by atoms with Crippen molar-refractivity contribution in [2.75, 3.05) is 20.3 Å². The number of ether oxygens (including phenoxy) is 3. The number of para-hydroxylation sites is 1. The fourth-order valence-electron chi connectivity index (χ4n) is 3.29. The van der Waals surface area contributed by atoms with Crippen molar-refractivity contribution < 1.29 is 23.8 Å². The van der Waals surface area contributed by atoms with Crippen molar-refractivity contribution in [3.63, 3.8) is 0 Å². The molecule has 2 atom stereocenters. The topological polar surface area (TPSA) is 74.2 Å². The Balaban J connectivity index is 2.17. The fourth-order valence-corrected chi connectivity index (χ4v) is 3.29. The van der Waals surface area contributed by atoms with E-state index >= 15 is 0 Å². The minimum absolute atomic E-state index is 0.132. The van der Waals surface area contributed by atoms with Gasteiger partial charge in [0, 0.05) is 17.2 Å². The summed E-state index contributed by atoms with van der Waals surface area (Å²) in [5.74, 6) is -1.43. The highest BCUT2D eigenvalue weighted by Gasteiger charge is 2.46. The molecule has 0 saturated carbocycles. The van der Waals surface area contributed by atoms with E-state index in [1.165, 1.54) is 0 Å². The molecular weight excluding hydrogens is 310 g/mol. The van der Waals surface area contributed by atoms with Crippen LogP contribution in [0.5, 0.6) is 5.75 Å². The third kappa shape index (κ3) is 2.58. The van der Waals surface area contributed by atoms with E-state index in [1.807, 2.05) is 18.2 Å². The van der Waals surface area contributed by atoms with Crippen LogP contribution >= 0.6 is 0 Å². The number of benzene rings is 1. The van der Waals surface area contributed by atoms with Crippen LogP contribution in [0.15, 0.2) is 40.5 Å². The first-order valence-corrected chi connectivity index (χ1v) is 7.83. The summed E-state index contributed by atoms with van der Waals surface area (Å²) in [7, 11) is 1.56. The highest BCUT2D eigenvalue weighted by molar-refractivity contribution is 6.07. The molecular formula is C18H19NO5. The van der Waals surface area contributed by atoms with Crippen molar-refractivity contribution >= 4 is 17.7 Å². The molecule has 24 heavy (non-hydrogen) atoms. The number of hydrogen-bond acceptors (Lipinski definition) is 6. The van der Waals surface area contributed by atoms with Gasteiger partial charge in [-0.05, 0) is 19.9 Å². The Hall–Kier alpha value is -2.63. The van der Waals surface area contributed by atoms with Gasteiger partial charge in [-0.3, -0.25) is 9.79 Å². The van der Waals surface area contributed by atoms with Crippen LogP contribution in [0.2, 0.25) is 0 Å². The number of nitrogens with zero attached hydrogens (tertiary/aromatic N) is 1. The van der Waals surface area contributed by atoms with Crippen molar-refractivity contribution in [3.05, 3.63) is 41.1 Å². The number of carbonyl (C=O) groups is 2. The number of hydrogen-bond donors (Lipinski definition) is 0. The first-order chi connectivity index (χ1) is 11.6. The lowest BCUT2D eigenvalue weighted by molar-refractivity contribution is -0.146. The summed E-state index contributed by atoms with van der Waals surface area (Å²) in [6.07, 6.45) is 0. The maximum Gasteiger partial charge on any atom is 0.337 e. The zero-order chi connectivity index (χ0) is 17.3. The number of cyclic esters (lactones) is 1. The molecule has 0 aliphatic carbocycles. The molecule has 0 amide bonds. The maximum absolute atomic E-state index is 12.6. The van der Waals surface area contributed by atoms with Crippen molar-refractivity contribution in [1.82, 2.24) is 0 Å². The lowest BCUT2D eigenvalue weighted by Gasteiger charge is -2.30. The van der Waals surface area contributed by atoms with Crippen LogP contribution in [0.1, 0.15) is 25.3 Å². The first-order valence-electron chi connectivity index (χ1n) is 7.83. The predicted molar refractivity (Wildman–Crippen MR) is 87.0 cm³/mol. The molecule has 1 aromatic carbocycles. The third-order valence-electron chi connectivity index (χ3n) is 4.29. The molecule has 1 aromatic rings. The highest BCUT2D eigenvalue weighted by atomic mass is 16.5. The summed E-state index contributed by atoms with van der Waals surface area (Å²) in [5.41, 5.74) is 2.36. The van der Waals surface area contributed by atoms with Gasteiger partial charge in [-0.1, -0.05) is 18.2 Å². The SMILES string of the molecule is CCOC(=O)C1C(C)=NC2=C(C(=O)OC2)C1c1ccccc1OC. The molecule has 0 fully saturated rings. The van der Waals surface area contributed by atoms with Crippen LogP contribution < -0.4 is 4.74 Å². The van der Waals surface area contributed by atoms with Gasteiger partial charge < -0.3 is 14.2 Å².